The van der Waals surface area contributed by atoms with Crippen LogP contribution in [-0.2, 0) is 11.8 Å². The van der Waals surface area contributed by atoms with E-state index < -0.39 is 0 Å². The largest absolute Gasteiger partial charge is 0.342 e. The molecule has 1 aromatic heterocycles. The molecule has 2 aromatic rings. The molecule has 5 heteroatoms. The second-order valence-electron chi connectivity index (χ2n) is 6.81. The van der Waals surface area contributed by atoms with Gasteiger partial charge in [-0.1, -0.05) is 43.2 Å². The molecule has 0 bridgehead atoms. The predicted octanol–water partition coefficient (Wildman–Crippen LogP) is 2.89. The SMILES string of the molecule is Cn1ccnc1[C@@H](NC(=O)CCN1CCCCCC1)c1ccccc1. The number of amides is 1. The third-order valence-corrected chi connectivity index (χ3v) is 4.91. The van der Waals surface area contributed by atoms with Crippen molar-refractivity contribution >= 4 is 5.91 Å². The number of likely N-dealkylation sites (tertiary alicyclic amines) is 1. The molecule has 0 unspecified atom stereocenters. The quantitative estimate of drug-likeness (QED) is 0.880. The third kappa shape index (κ3) is 4.92. The van der Waals surface area contributed by atoms with Gasteiger partial charge in [0.1, 0.15) is 11.9 Å². The van der Waals surface area contributed by atoms with Gasteiger partial charge < -0.3 is 14.8 Å². The van der Waals surface area contributed by atoms with Gasteiger partial charge in [0.25, 0.3) is 0 Å². The summed E-state index contributed by atoms with van der Waals surface area (Å²) in [6, 6.07) is 9.84. The smallest absolute Gasteiger partial charge is 0.222 e. The number of benzene rings is 1. The molecule has 2 heterocycles. The average molecular weight is 340 g/mol. The highest BCUT2D eigenvalue weighted by Crippen LogP contribution is 2.20. The summed E-state index contributed by atoms with van der Waals surface area (Å²) in [4.78, 5) is 19.5. The van der Waals surface area contributed by atoms with Crippen LogP contribution >= 0.6 is 0 Å². The lowest BCUT2D eigenvalue weighted by atomic mass is 10.1. The third-order valence-electron chi connectivity index (χ3n) is 4.91. The maximum atomic E-state index is 12.6. The molecule has 0 aliphatic carbocycles. The Morgan fingerprint density at radius 3 is 2.52 bits per heavy atom. The first kappa shape index (κ1) is 17.7. The molecular formula is C20H28N4O. The van der Waals surface area contributed by atoms with Crippen LogP contribution in [0.2, 0.25) is 0 Å². The monoisotopic (exact) mass is 340 g/mol. The normalized spacial score (nSPS) is 17.0. The van der Waals surface area contributed by atoms with Gasteiger partial charge in [0.05, 0.1) is 0 Å². The van der Waals surface area contributed by atoms with Gasteiger partial charge in [-0.15, -0.1) is 0 Å². The fourth-order valence-electron chi connectivity index (χ4n) is 3.45. The fourth-order valence-corrected chi connectivity index (χ4v) is 3.45. The average Bonchev–Trinajstić information content (AvgIpc) is 2.89. The van der Waals surface area contributed by atoms with E-state index in [1.807, 2.05) is 48.1 Å². The lowest BCUT2D eigenvalue weighted by Gasteiger charge is -2.22. The zero-order valence-corrected chi connectivity index (χ0v) is 15.0. The van der Waals surface area contributed by atoms with E-state index in [9.17, 15) is 4.79 Å². The highest BCUT2D eigenvalue weighted by molar-refractivity contribution is 5.77. The van der Waals surface area contributed by atoms with E-state index in [0.717, 1.165) is 31.0 Å². The molecule has 3 rings (SSSR count). The van der Waals surface area contributed by atoms with Crippen molar-refractivity contribution in [2.75, 3.05) is 19.6 Å². The zero-order valence-electron chi connectivity index (χ0n) is 15.0. The zero-order chi connectivity index (χ0) is 17.5. The Balaban J connectivity index is 1.64. The molecule has 0 saturated carbocycles. The number of carbonyl (C=O) groups is 1. The van der Waals surface area contributed by atoms with Gasteiger partial charge in [-0.25, -0.2) is 4.98 Å². The van der Waals surface area contributed by atoms with Crippen LogP contribution < -0.4 is 5.32 Å². The Hall–Kier alpha value is -2.14. The summed E-state index contributed by atoms with van der Waals surface area (Å²) >= 11 is 0. The van der Waals surface area contributed by atoms with E-state index in [4.69, 9.17) is 0 Å². The first-order chi connectivity index (χ1) is 12.2. The van der Waals surface area contributed by atoms with Crippen molar-refractivity contribution in [1.29, 1.82) is 0 Å². The number of nitrogens with zero attached hydrogens (tertiary/aromatic N) is 3. The second kappa shape index (κ2) is 8.81. The number of aryl methyl sites for hydroxylation is 1. The minimum Gasteiger partial charge on any atom is -0.342 e. The van der Waals surface area contributed by atoms with Gasteiger partial charge >= 0.3 is 0 Å². The maximum Gasteiger partial charge on any atom is 0.222 e. The van der Waals surface area contributed by atoms with Crippen molar-refractivity contribution in [1.82, 2.24) is 19.8 Å². The van der Waals surface area contributed by atoms with E-state index in [1.54, 1.807) is 6.20 Å². The number of carbonyl (C=O) groups excluding carboxylic acids is 1. The number of nitrogens with one attached hydrogen (secondary N) is 1. The minimum atomic E-state index is -0.210. The summed E-state index contributed by atoms with van der Waals surface area (Å²) < 4.78 is 1.97. The minimum absolute atomic E-state index is 0.0844. The number of hydrogen-bond acceptors (Lipinski definition) is 3. The van der Waals surface area contributed by atoms with Crippen LogP contribution in [0.5, 0.6) is 0 Å². The van der Waals surface area contributed by atoms with Crippen LogP contribution in [0.15, 0.2) is 42.7 Å². The summed E-state index contributed by atoms with van der Waals surface area (Å²) in [6.07, 6.45) is 9.36. The molecule has 1 fully saturated rings. The van der Waals surface area contributed by atoms with Crippen LogP contribution in [-0.4, -0.2) is 40.0 Å². The standard InChI is InChI=1S/C20H28N4O/c1-23-16-12-21-20(23)19(17-9-5-4-6-10-17)22-18(25)11-15-24-13-7-2-3-8-14-24/h4-6,9-10,12,16,19H,2-3,7-8,11,13-15H2,1H3,(H,22,25)/t19-/m0/s1. The molecule has 1 aromatic carbocycles. The Bertz CT molecular complexity index is 659. The summed E-state index contributed by atoms with van der Waals surface area (Å²) in [6.45, 7) is 3.08. The van der Waals surface area contributed by atoms with Gasteiger partial charge in [0, 0.05) is 32.4 Å². The van der Waals surface area contributed by atoms with Crippen LogP contribution in [0.25, 0.3) is 0 Å². The van der Waals surface area contributed by atoms with Crippen molar-refractivity contribution < 1.29 is 4.79 Å². The highest BCUT2D eigenvalue weighted by Gasteiger charge is 2.21. The first-order valence-corrected chi connectivity index (χ1v) is 9.28. The Labute approximate surface area is 150 Å². The maximum absolute atomic E-state index is 12.6. The van der Waals surface area contributed by atoms with Crippen molar-refractivity contribution in [3.63, 3.8) is 0 Å². The van der Waals surface area contributed by atoms with E-state index in [-0.39, 0.29) is 11.9 Å². The fraction of sp³-hybridized carbons (Fsp3) is 0.500. The van der Waals surface area contributed by atoms with Crippen molar-refractivity contribution in [3.05, 3.63) is 54.1 Å². The van der Waals surface area contributed by atoms with Gasteiger partial charge in [-0.2, -0.15) is 0 Å². The van der Waals surface area contributed by atoms with E-state index >= 15 is 0 Å². The molecule has 1 amide bonds. The number of aromatic nitrogens is 2. The van der Waals surface area contributed by atoms with E-state index in [1.165, 1.54) is 25.7 Å². The lowest BCUT2D eigenvalue weighted by Crippen LogP contribution is -2.34. The lowest BCUT2D eigenvalue weighted by molar-refractivity contribution is -0.122. The van der Waals surface area contributed by atoms with Gasteiger partial charge in [-0.3, -0.25) is 4.79 Å². The van der Waals surface area contributed by atoms with E-state index in [0.29, 0.717) is 6.42 Å². The van der Waals surface area contributed by atoms with Gasteiger partial charge in [0.2, 0.25) is 5.91 Å². The Kier molecular flexibility index (Phi) is 6.23. The summed E-state index contributed by atoms with van der Waals surface area (Å²) in [7, 11) is 1.96. The van der Waals surface area contributed by atoms with Gasteiger partial charge in [-0.05, 0) is 31.5 Å². The topological polar surface area (TPSA) is 50.2 Å². The highest BCUT2D eigenvalue weighted by atomic mass is 16.1. The summed E-state index contributed by atoms with van der Waals surface area (Å²) in [5, 5.41) is 3.18. The molecule has 1 saturated heterocycles. The second-order valence-corrected chi connectivity index (χ2v) is 6.81. The predicted molar refractivity (Wildman–Crippen MR) is 99.2 cm³/mol. The molecule has 0 radical (unpaired) electrons. The number of hydrogen-bond donors (Lipinski definition) is 1. The summed E-state index contributed by atoms with van der Waals surface area (Å²) in [5.74, 6) is 0.940. The van der Waals surface area contributed by atoms with Crippen LogP contribution in [0.1, 0.15) is 49.5 Å². The van der Waals surface area contributed by atoms with Crippen molar-refractivity contribution in [2.24, 2.45) is 7.05 Å². The Morgan fingerprint density at radius 1 is 1.16 bits per heavy atom. The van der Waals surface area contributed by atoms with E-state index in [2.05, 4.69) is 15.2 Å². The summed E-state index contributed by atoms with van der Waals surface area (Å²) in [5.41, 5.74) is 1.06. The molecule has 25 heavy (non-hydrogen) atoms. The molecule has 134 valence electrons. The molecule has 0 spiro atoms. The molecule has 1 aliphatic heterocycles. The van der Waals surface area contributed by atoms with Crippen LogP contribution in [0, 0.1) is 0 Å². The molecule has 1 atom stereocenters. The van der Waals surface area contributed by atoms with Crippen LogP contribution in [0.3, 0.4) is 0 Å². The molecular weight excluding hydrogens is 312 g/mol. The van der Waals surface area contributed by atoms with Crippen LogP contribution in [0.4, 0.5) is 0 Å². The first-order valence-electron chi connectivity index (χ1n) is 9.28. The van der Waals surface area contributed by atoms with Crippen molar-refractivity contribution in [2.45, 2.75) is 38.1 Å². The Morgan fingerprint density at radius 2 is 1.88 bits per heavy atom. The molecule has 1 N–H and O–H groups in total. The van der Waals surface area contributed by atoms with Gasteiger partial charge in [0.15, 0.2) is 0 Å². The van der Waals surface area contributed by atoms with Crippen molar-refractivity contribution in [3.8, 4) is 0 Å². The molecule has 5 nitrogen and oxygen atoms in total. The number of imidazole rings is 1. The molecule has 1 aliphatic rings. The number of rotatable bonds is 6.